The summed E-state index contributed by atoms with van der Waals surface area (Å²) in [7, 11) is 1.97. The van der Waals surface area contributed by atoms with Crippen LogP contribution in [0.3, 0.4) is 0 Å². The van der Waals surface area contributed by atoms with Gasteiger partial charge in [-0.2, -0.15) is 5.10 Å². The van der Waals surface area contributed by atoms with E-state index >= 15 is 0 Å². The van der Waals surface area contributed by atoms with E-state index in [0.29, 0.717) is 0 Å². The van der Waals surface area contributed by atoms with E-state index in [1.165, 1.54) is 37.8 Å². The Bertz CT molecular complexity index is 287. The molecular formula is C12H21N3. The van der Waals surface area contributed by atoms with Crippen LogP contribution in [0.15, 0.2) is 12.3 Å². The van der Waals surface area contributed by atoms with Crippen molar-refractivity contribution in [2.75, 3.05) is 6.54 Å². The number of aromatic nitrogens is 2. The van der Waals surface area contributed by atoms with Crippen molar-refractivity contribution in [3.05, 3.63) is 18.0 Å². The van der Waals surface area contributed by atoms with Crippen molar-refractivity contribution in [3.63, 3.8) is 0 Å². The topological polar surface area (TPSA) is 29.9 Å². The van der Waals surface area contributed by atoms with Gasteiger partial charge in [-0.05, 0) is 18.9 Å². The predicted octanol–water partition coefficient (Wildman–Crippen LogP) is 1.88. The Morgan fingerprint density at radius 2 is 2.20 bits per heavy atom. The monoisotopic (exact) mass is 207 g/mol. The van der Waals surface area contributed by atoms with Crippen molar-refractivity contribution in [3.8, 4) is 0 Å². The lowest BCUT2D eigenvalue weighted by atomic mass is 9.95. The molecule has 0 aliphatic heterocycles. The maximum absolute atomic E-state index is 4.37. The summed E-state index contributed by atoms with van der Waals surface area (Å²) in [6.07, 6.45) is 10.0. The van der Waals surface area contributed by atoms with E-state index in [4.69, 9.17) is 0 Å². The van der Waals surface area contributed by atoms with Gasteiger partial charge in [-0.1, -0.05) is 19.3 Å². The molecule has 1 N–H and O–H groups in total. The Balaban J connectivity index is 1.65. The van der Waals surface area contributed by atoms with Crippen LogP contribution in [0.4, 0.5) is 0 Å². The molecule has 0 saturated heterocycles. The summed E-state index contributed by atoms with van der Waals surface area (Å²) < 4.78 is 1.87. The maximum atomic E-state index is 4.37. The highest BCUT2D eigenvalue weighted by molar-refractivity contribution is 4.99. The normalized spacial score (nSPS) is 18.2. The molecule has 1 aliphatic carbocycles. The quantitative estimate of drug-likeness (QED) is 0.817. The molecule has 1 aliphatic rings. The zero-order chi connectivity index (χ0) is 10.5. The van der Waals surface area contributed by atoms with Crippen molar-refractivity contribution >= 4 is 0 Å². The molecule has 0 unspecified atom stereocenters. The first-order chi connectivity index (χ1) is 7.34. The second-order valence-electron chi connectivity index (χ2n) is 4.52. The molecule has 0 bridgehead atoms. The molecule has 3 nitrogen and oxygen atoms in total. The lowest BCUT2D eigenvalue weighted by molar-refractivity contribution is 0.375. The van der Waals surface area contributed by atoms with Crippen LogP contribution in [-0.2, 0) is 13.5 Å². The van der Waals surface area contributed by atoms with Gasteiger partial charge in [-0.15, -0.1) is 0 Å². The van der Waals surface area contributed by atoms with Crippen molar-refractivity contribution in [1.82, 2.24) is 15.1 Å². The highest BCUT2D eigenvalue weighted by Gasteiger charge is 2.11. The van der Waals surface area contributed by atoms with E-state index in [9.17, 15) is 0 Å². The van der Waals surface area contributed by atoms with Crippen LogP contribution in [0, 0.1) is 0 Å². The van der Waals surface area contributed by atoms with Crippen molar-refractivity contribution in [2.24, 2.45) is 7.05 Å². The Hall–Kier alpha value is -0.830. The molecule has 0 spiro atoms. The first-order valence-corrected chi connectivity index (χ1v) is 6.06. The molecular weight excluding hydrogens is 186 g/mol. The SMILES string of the molecule is Cn1ccc(CCNC2CCCCC2)n1. The molecule has 84 valence electrons. The molecule has 1 aromatic heterocycles. The molecule has 1 fully saturated rings. The first kappa shape index (κ1) is 10.7. The summed E-state index contributed by atoms with van der Waals surface area (Å²) in [6, 6.07) is 2.87. The first-order valence-electron chi connectivity index (χ1n) is 6.06. The Morgan fingerprint density at radius 1 is 1.40 bits per heavy atom. The third-order valence-electron chi connectivity index (χ3n) is 3.19. The second-order valence-corrected chi connectivity index (χ2v) is 4.52. The molecule has 0 radical (unpaired) electrons. The average molecular weight is 207 g/mol. The minimum absolute atomic E-state index is 0.766. The molecule has 2 rings (SSSR count). The molecule has 0 atom stereocenters. The Labute approximate surface area is 91.9 Å². The van der Waals surface area contributed by atoms with Crippen LogP contribution in [0.2, 0.25) is 0 Å². The fourth-order valence-electron chi connectivity index (χ4n) is 2.31. The molecule has 15 heavy (non-hydrogen) atoms. The average Bonchev–Trinajstić information content (AvgIpc) is 2.66. The summed E-state index contributed by atoms with van der Waals surface area (Å²) in [5.41, 5.74) is 1.20. The standard InChI is InChI=1S/C12H21N3/c1-15-10-8-12(14-15)7-9-13-11-5-3-2-4-6-11/h8,10-11,13H,2-7,9H2,1H3. The van der Waals surface area contributed by atoms with Gasteiger partial charge in [0.15, 0.2) is 0 Å². The van der Waals surface area contributed by atoms with Gasteiger partial charge in [0.1, 0.15) is 0 Å². The van der Waals surface area contributed by atoms with Gasteiger partial charge in [-0.3, -0.25) is 4.68 Å². The number of nitrogens with zero attached hydrogens (tertiary/aromatic N) is 2. The molecule has 0 aromatic carbocycles. The van der Waals surface area contributed by atoms with Crippen LogP contribution in [0.5, 0.6) is 0 Å². The summed E-state index contributed by atoms with van der Waals surface area (Å²) in [5.74, 6) is 0. The van der Waals surface area contributed by atoms with Gasteiger partial charge in [-0.25, -0.2) is 0 Å². The molecule has 3 heteroatoms. The van der Waals surface area contributed by atoms with Gasteiger partial charge in [0.25, 0.3) is 0 Å². The van der Waals surface area contributed by atoms with E-state index in [0.717, 1.165) is 19.0 Å². The van der Waals surface area contributed by atoms with Crippen LogP contribution in [-0.4, -0.2) is 22.4 Å². The van der Waals surface area contributed by atoms with Gasteiger partial charge >= 0.3 is 0 Å². The lowest BCUT2D eigenvalue weighted by Gasteiger charge is -2.22. The molecule has 1 aromatic rings. The van der Waals surface area contributed by atoms with Gasteiger partial charge < -0.3 is 5.32 Å². The summed E-state index contributed by atoms with van der Waals surface area (Å²) >= 11 is 0. The highest BCUT2D eigenvalue weighted by atomic mass is 15.2. The maximum Gasteiger partial charge on any atom is 0.0637 e. The zero-order valence-electron chi connectivity index (χ0n) is 9.58. The summed E-state index contributed by atoms with van der Waals surface area (Å²) in [5, 5.41) is 8.00. The van der Waals surface area contributed by atoms with E-state index < -0.39 is 0 Å². The Morgan fingerprint density at radius 3 is 2.87 bits per heavy atom. The predicted molar refractivity (Wildman–Crippen MR) is 61.8 cm³/mol. The lowest BCUT2D eigenvalue weighted by Crippen LogP contribution is -2.32. The third-order valence-corrected chi connectivity index (χ3v) is 3.19. The van der Waals surface area contributed by atoms with Crippen molar-refractivity contribution < 1.29 is 0 Å². The third kappa shape index (κ3) is 3.34. The highest BCUT2D eigenvalue weighted by Crippen LogP contribution is 2.17. The fraction of sp³-hybridized carbons (Fsp3) is 0.750. The summed E-state index contributed by atoms with van der Waals surface area (Å²) in [4.78, 5) is 0. The van der Waals surface area contributed by atoms with E-state index in [-0.39, 0.29) is 0 Å². The van der Waals surface area contributed by atoms with E-state index in [1.54, 1.807) is 0 Å². The fourth-order valence-corrected chi connectivity index (χ4v) is 2.31. The van der Waals surface area contributed by atoms with E-state index in [2.05, 4.69) is 16.5 Å². The van der Waals surface area contributed by atoms with Crippen LogP contribution in [0.1, 0.15) is 37.8 Å². The van der Waals surface area contributed by atoms with Crippen molar-refractivity contribution in [1.29, 1.82) is 0 Å². The van der Waals surface area contributed by atoms with Gasteiger partial charge in [0.2, 0.25) is 0 Å². The number of hydrogen-bond donors (Lipinski definition) is 1. The number of rotatable bonds is 4. The Kier molecular flexibility index (Phi) is 3.78. The largest absolute Gasteiger partial charge is 0.314 e. The van der Waals surface area contributed by atoms with Crippen LogP contribution < -0.4 is 5.32 Å². The molecule has 1 saturated carbocycles. The minimum Gasteiger partial charge on any atom is -0.314 e. The van der Waals surface area contributed by atoms with Crippen LogP contribution >= 0.6 is 0 Å². The number of aryl methyl sites for hydroxylation is 1. The smallest absolute Gasteiger partial charge is 0.0637 e. The number of nitrogens with one attached hydrogen (secondary N) is 1. The minimum atomic E-state index is 0.766. The van der Waals surface area contributed by atoms with Crippen molar-refractivity contribution in [2.45, 2.75) is 44.6 Å². The number of hydrogen-bond acceptors (Lipinski definition) is 2. The zero-order valence-corrected chi connectivity index (χ0v) is 9.58. The van der Waals surface area contributed by atoms with Crippen LogP contribution in [0.25, 0.3) is 0 Å². The van der Waals surface area contributed by atoms with E-state index in [1.807, 2.05) is 17.9 Å². The van der Waals surface area contributed by atoms with Gasteiger partial charge in [0, 0.05) is 32.3 Å². The van der Waals surface area contributed by atoms with Gasteiger partial charge in [0.05, 0.1) is 5.69 Å². The molecule has 0 amide bonds. The second kappa shape index (κ2) is 5.31. The summed E-state index contributed by atoms with van der Waals surface area (Å²) in [6.45, 7) is 1.07. The molecule has 1 heterocycles.